The first-order valence-electron chi connectivity index (χ1n) is 14.7. The van der Waals surface area contributed by atoms with Gasteiger partial charge in [-0.25, -0.2) is 0 Å². The van der Waals surface area contributed by atoms with E-state index in [2.05, 4.69) is 59.3 Å². The molecule has 8 nitrogen and oxygen atoms in total. The monoisotopic (exact) mass is 650 g/mol. The van der Waals surface area contributed by atoms with Crippen LogP contribution in [0, 0.1) is 0 Å². The lowest BCUT2D eigenvalue weighted by molar-refractivity contribution is 0.0572. The minimum Gasteiger partial charge on any atom is -0.389 e. The molecule has 2 aromatic carbocycles. The van der Waals surface area contributed by atoms with E-state index in [1.165, 1.54) is 31.3 Å². The van der Waals surface area contributed by atoms with E-state index in [1.807, 2.05) is 9.80 Å². The van der Waals surface area contributed by atoms with E-state index in [-0.39, 0.29) is 12.4 Å². The third kappa shape index (κ3) is 10.2. The topological polar surface area (TPSA) is 106 Å². The number of benzene rings is 2. The summed E-state index contributed by atoms with van der Waals surface area (Å²) >= 11 is 3.53. The van der Waals surface area contributed by atoms with Crippen molar-refractivity contribution in [2.75, 3.05) is 65.7 Å². The molecular formula is C32H43ClN2O6S2. The molecule has 0 spiro atoms. The van der Waals surface area contributed by atoms with Crippen molar-refractivity contribution in [3.63, 3.8) is 0 Å². The number of likely N-dealkylation sites (tertiary alicyclic amines) is 2. The SMILES string of the molecule is Cl.O[C@@H]1CN(CCOCCc2ccc3sccc3c2)C[C@@H]1O.O[C@@H]1CN(CCOCCc2ccc3sccc3c2)C[C@@H]1O. The molecule has 2 aliphatic rings. The summed E-state index contributed by atoms with van der Waals surface area (Å²) in [6, 6.07) is 17.4. The predicted octanol–water partition coefficient (Wildman–Crippen LogP) is 3.42. The molecule has 4 aromatic rings. The highest BCUT2D eigenvalue weighted by atomic mass is 35.5. The number of fused-ring (bicyclic) bond motifs is 2. The van der Waals surface area contributed by atoms with Crippen LogP contribution in [0.5, 0.6) is 0 Å². The Morgan fingerprint density at radius 3 is 1.37 bits per heavy atom. The largest absolute Gasteiger partial charge is 0.389 e. The van der Waals surface area contributed by atoms with Crippen molar-refractivity contribution < 1.29 is 29.9 Å². The van der Waals surface area contributed by atoms with Crippen LogP contribution in [0.1, 0.15) is 11.1 Å². The molecule has 11 heteroatoms. The van der Waals surface area contributed by atoms with Crippen molar-refractivity contribution in [1.82, 2.24) is 9.80 Å². The molecule has 6 rings (SSSR count). The van der Waals surface area contributed by atoms with Gasteiger partial charge in [0.05, 0.1) is 50.8 Å². The van der Waals surface area contributed by atoms with Crippen LogP contribution >= 0.6 is 35.1 Å². The van der Waals surface area contributed by atoms with Gasteiger partial charge in [-0.15, -0.1) is 35.1 Å². The standard InChI is InChI=1S/2C16H21NO3S.ClH/c2*18-14-10-17(11-15(14)19)5-7-20-6-3-12-1-2-16-13(9-12)4-8-21-16;/h2*1-2,4,8-9,14-15,18-19H,3,5-7,10-11H2;1H/t2*14-,15+;. The van der Waals surface area contributed by atoms with Crippen molar-refractivity contribution in [3.05, 3.63) is 70.4 Å². The second kappa shape index (κ2) is 17.1. The predicted molar refractivity (Wildman–Crippen MR) is 177 cm³/mol. The van der Waals surface area contributed by atoms with Crippen LogP contribution in [0.15, 0.2) is 59.3 Å². The molecule has 4 N–H and O–H groups in total. The van der Waals surface area contributed by atoms with E-state index in [0.29, 0.717) is 52.6 Å². The van der Waals surface area contributed by atoms with Crippen LogP contribution in [-0.2, 0) is 22.3 Å². The van der Waals surface area contributed by atoms with E-state index in [4.69, 9.17) is 9.47 Å². The number of halogens is 1. The van der Waals surface area contributed by atoms with E-state index in [0.717, 1.165) is 25.9 Å². The van der Waals surface area contributed by atoms with Gasteiger partial charge < -0.3 is 29.9 Å². The molecule has 4 atom stereocenters. The van der Waals surface area contributed by atoms with E-state index < -0.39 is 24.4 Å². The van der Waals surface area contributed by atoms with Gasteiger partial charge in [0.2, 0.25) is 0 Å². The number of thiophene rings is 2. The Labute approximate surface area is 267 Å². The number of hydrogen-bond acceptors (Lipinski definition) is 10. The first kappa shape index (κ1) is 34.2. The average molecular weight is 651 g/mol. The van der Waals surface area contributed by atoms with Gasteiger partial charge in [0.25, 0.3) is 0 Å². The molecule has 0 bridgehead atoms. The third-order valence-electron chi connectivity index (χ3n) is 7.88. The summed E-state index contributed by atoms with van der Waals surface area (Å²) in [4.78, 5) is 4.07. The average Bonchev–Trinajstić information content (AvgIpc) is 3.77. The highest BCUT2D eigenvalue weighted by molar-refractivity contribution is 7.17. The fourth-order valence-corrected chi connectivity index (χ4v) is 6.92. The van der Waals surface area contributed by atoms with Crippen LogP contribution in [0.3, 0.4) is 0 Å². The Hall–Kier alpha value is -1.67. The quantitative estimate of drug-likeness (QED) is 0.173. The van der Waals surface area contributed by atoms with Crippen LogP contribution in [0.2, 0.25) is 0 Å². The van der Waals surface area contributed by atoms with Gasteiger partial charge in [-0.2, -0.15) is 0 Å². The minimum atomic E-state index is -0.609. The molecule has 0 unspecified atom stereocenters. The second-order valence-corrected chi connectivity index (χ2v) is 13.0. The Morgan fingerprint density at radius 1 is 0.581 bits per heavy atom. The van der Waals surface area contributed by atoms with Gasteiger partial charge in [0, 0.05) is 48.7 Å². The van der Waals surface area contributed by atoms with Gasteiger partial charge in [-0.3, -0.25) is 9.80 Å². The number of aliphatic hydroxyl groups is 4. The summed E-state index contributed by atoms with van der Waals surface area (Å²) in [5.74, 6) is 0. The minimum absolute atomic E-state index is 0. The van der Waals surface area contributed by atoms with Gasteiger partial charge in [-0.1, -0.05) is 24.3 Å². The molecular weight excluding hydrogens is 608 g/mol. The van der Waals surface area contributed by atoms with E-state index >= 15 is 0 Å². The fourth-order valence-electron chi connectivity index (χ4n) is 5.37. The molecule has 43 heavy (non-hydrogen) atoms. The van der Waals surface area contributed by atoms with Crippen LogP contribution in [0.25, 0.3) is 20.2 Å². The third-order valence-corrected chi connectivity index (χ3v) is 9.67. The lowest BCUT2D eigenvalue weighted by atomic mass is 10.1. The van der Waals surface area contributed by atoms with Gasteiger partial charge in [-0.05, 0) is 69.8 Å². The Balaban J connectivity index is 0.000000192. The number of hydrogen-bond donors (Lipinski definition) is 4. The summed E-state index contributed by atoms with van der Waals surface area (Å²) in [5, 5.41) is 44.7. The van der Waals surface area contributed by atoms with Gasteiger partial charge in [0.1, 0.15) is 0 Å². The van der Waals surface area contributed by atoms with Gasteiger partial charge in [0.15, 0.2) is 0 Å². The van der Waals surface area contributed by atoms with Crippen molar-refractivity contribution in [3.8, 4) is 0 Å². The van der Waals surface area contributed by atoms with E-state index in [9.17, 15) is 20.4 Å². The maximum atomic E-state index is 9.46. The Kier molecular flexibility index (Phi) is 13.6. The summed E-state index contributed by atoms with van der Waals surface area (Å²) in [7, 11) is 0. The molecule has 4 heterocycles. The number of ether oxygens (including phenoxy) is 2. The zero-order valence-electron chi connectivity index (χ0n) is 24.3. The van der Waals surface area contributed by atoms with Crippen molar-refractivity contribution >= 4 is 55.3 Å². The molecule has 0 radical (unpaired) electrons. The summed E-state index contributed by atoms with van der Waals surface area (Å²) in [5.41, 5.74) is 2.60. The number of β-amino-alcohol motifs (C(OH)–C–C–N with tert-alkyl or cyclic N) is 4. The Bertz CT molecular complexity index is 1260. The number of rotatable bonds is 12. The molecule has 2 saturated heterocycles. The van der Waals surface area contributed by atoms with Crippen LogP contribution in [0.4, 0.5) is 0 Å². The van der Waals surface area contributed by atoms with Gasteiger partial charge >= 0.3 is 0 Å². The van der Waals surface area contributed by atoms with Crippen LogP contribution < -0.4 is 0 Å². The Morgan fingerprint density at radius 2 is 0.977 bits per heavy atom. The highest BCUT2D eigenvalue weighted by Gasteiger charge is 2.29. The maximum absolute atomic E-state index is 9.46. The van der Waals surface area contributed by atoms with Crippen molar-refractivity contribution in [2.24, 2.45) is 0 Å². The van der Waals surface area contributed by atoms with Crippen molar-refractivity contribution in [2.45, 2.75) is 37.3 Å². The fraction of sp³-hybridized carbons (Fsp3) is 0.500. The van der Waals surface area contributed by atoms with Crippen LogP contribution in [-0.4, -0.2) is 120 Å². The number of aliphatic hydroxyl groups excluding tert-OH is 4. The molecule has 0 amide bonds. The first-order chi connectivity index (χ1) is 20.4. The van der Waals surface area contributed by atoms with Crippen molar-refractivity contribution in [1.29, 1.82) is 0 Å². The normalized spacial score (nSPS) is 22.6. The summed E-state index contributed by atoms with van der Waals surface area (Å²) < 4.78 is 14.0. The molecule has 0 aliphatic carbocycles. The lowest BCUT2D eigenvalue weighted by Gasteiger charge is -2.14. The number of nitrogens with zero attached hydrogens (tertiary/aromatic N) is 2. The zero-order valence-corrected chi connectivity index (χ0v) is 26.7. The maximum Gasteiger partial charge on any atom is 0.0938 e. The second-order valence-electron chi connectivity index (χ2n) is 11.1. The van der Waals surface area contributed by atoms with E-state index in [1.54, 1.807) is 22.7 Å². The smallest absolute Gasteiger partial charge is 0.0938 e. The molecule has 2 aliphatic heterocycles. The molecule has 236 valence electrons. The molecule has 0 saturated carbocycles. The lowest BCUT2D eigenvalue weighted by Crippen LogP contribution is -2.26. The molecule has 2 aromatic heterocycles. The highest BCUT2D eigenvalue weighted by Crippen LogP contribution is 2.23. The first-order valence-corrected chi connectivity index (χ1v) is 16.5. The summed E-state index contributed by atoms with van der Waals surface area (Å²) in [6.45, 7) is 6.37. The molecule has 2 fully saturated rings. The zero-order chi connectivity index (χ0) is 29.3. The summed E-state index contributed by atoms with van der Waals surface area (Å²) in [6.07, 6.45) is -0.608.